The first-order valence-electron chi connectivity index (χ1n) is 15.5. The molecule has 9 nitrogen and oxygen atoms in total. The number of morpholine rings is 1. The van der Waals surface area contributed by atoms with E-state index in [1.807, 2.05) is 54.6 Å². The van der Waals surface area contributed by atoms with Gasteiger partial charge in [-0.05, 0) is 52.8 Å². The molecule has 2 fully saturated rings. The molecule has 3 aromatic rings. The predicted octanol–water partition coefficient (Wildman–Crippen LogP) is 4.98. The molecule has 0 unspecified atom stereocenters. The van der Waals surface area contributed by atoms with E-state index in [4.69, 9.17) is 19.3 Å². The smallest absolute Gasteiger partial charge is 0.303 e. The Labute approximate surface area is 258 Å². The molecule has 0 radical (unpaired) electrons. The van der Waals surface area contributed by atoms with Crippen molar-refractivity contribution in [2.75, 3.05) is 32.8 Å². The molecule has 3 aromatic carbocycles. The van der Waals surface area contributed by atoms with Crippen LogP contribution in [0.15, 0.2) is 72.8 Å². The van der Waals surface area contributed by atoms with Crippen molar-refractivity contribution in [2.45, 2.75) is 63.8 Å². The van der Waals surface area contributed by atoms with E-state index < -0.39 is 12.3 Å². The maximum Gasteiger partial charge on any atom is 0.303 e. The van der Waals surface area contributed by atoms with Gasteiger partial charge in [0.05, 0.1) is 32.0 Å². The van der Waals surface area contributed by atoms with Gasteiger partial charge in [-0.25, -0.2) is 0 Å². The predicted molar refractivity (Wildman–Crippen MR) is 166 cm³/mol. The number of hydrogen-bond acceptors (Lipinski definition) is 7. The number of carboxylic acids is 1. The quantitative estimate of drug-likeness (QED) is 0.235. The van der Waals surface area contributed by atoms with Crippen molar-refractivity contribution >= 4 is 11.9 Å². The number of benzene rings is 3. The number of hydrogen-bond donors (Lipinski definition) is 3. The second kappa shape index (κ2) is 15.9. The number of nitrogens with one attached hydrogen (secondary N) is 1. The number of carbonyl (C=O) groups is 2. The first-order valence-corrected chi connectivity index (χ1v) is 15.5. The highest BCUT2D eigenvalue weighted by atomic mass is 16.7. The molecule has 0 spiro atoms. The Morgan fingerprint density at radius 2 is 1.57 bits per heavy atom. The van der Waals surface area contributed by atoms with Crippen LogP contribution >= 0.6 is 0 Å². The number of carbonyl (C=O) groups excluding carboxylic acids is 1. The first-order chi connectivity index (χ1) is 21.5. The van der Waals surface area contributed by atoms with Gasteiger partial charge >= 0.3 is 5.97 Å². The van der Waals surface area contributed by atoms with Gasteiger partial charge in [-0.2, -0.15) is 0 Å². The third kappa shape index (κ3) is 9.20. The number of unbranched alkanes of at least 4 members (excludes halogenated alkanes) is 1. The van der Waals surface area contributed by atoms with E-state index in [2.05, 4.69) is 28.4 Å². The van der Waals surface area contributed by atoms with E-state index in [1.54, 1.807) is 0 Å². The van der Waals surface area contributed by atoms with Crippen LogP contribution in [-0.2, 0) is 37.0 Å². The van der Waals surface area contributed by atoms with Crippen molar-refractivity contribution in [3.63, 3.8) is 0 Å². The highest BCUT2D eigenvalue weighted by Crippen LogP contribution is 2.39. The van der Waals surface area contributed by atoms with Crippen molar-refractivity contribution in [3.05, 3.63) is 95.1 Å². The molecule has 2 heterocycles. The number of nitrogens with zero attached hydrogens (tertiary/aromatic N) is 1. The molecule has 2 aliphatic rings. The average molecular weight is 603 g/mol. The van der Waals surface area contributed by atoms with E-state index in [-0.39, 0.29) is 31.1 Å². The molecule has 0 saturated carbocycles. The molecular weight excluding hydrogens is 560 g/mol. The van der Waals surface area contributed by atoms with Crippen molar-refractivity contribution in [3.8, 4) is 11.1 Å². The zero-order valence-electron chi connectivity index (χ0n) is 25.0. The summed E-state index contributed by atoms with van der Waals surface area (Å²) < 4.78 is 18.7. The number of amides is 1. The lowest BCUT2D eigenvalue weighted by atomic mass is 9.98. The highest BCUT2D eigenvalue weighted by Gasteiger charge is 2.33. The fraction of sp³-hybridized carbons (Fsp3) is 0.429. The normalized spacial score (nSPS) is 20.7. The summed E-state index contributed by atoms with van der Waals surface area (Å²) in [4.78, 5) is 25.3. The van der Waals surface area contributed by atoms with E-state index in [1.165, 1.54) is 0 Å². The summed E-state index contributed by atoms with van der Waals surface area (Å²) in [5.74, 6) is -0.921. The average Bonchev–Trinajstić information content (AvgIpc) is 3.06. The number of ether oxygens (including phenoxy) is 3. The Morgan fingerprint density at radius 1 is 0.841 bits per heavy atom. The van der Waals surface area contributed by atoms with Crippen LogP contribution in [-0.4, -0.2) is 65.9 Å². The molecule has 0 aromatic heterocycles. The lowest BCUT2D eigenvalue weighted by Gasteiger charge is -2.39. The number of rotatable bonds is 13. The van der Waals surface area contributed by atoms with Crippen LogP contribution in [0, 0.1) is 0 Å². The molecule has 5 rings (SSSR count). The Hall–Kier alpha value is -3.60. The van der Waals surface area contributed by atoms with Crippen molar-refractivity contribution in [2.24, 2.45) is 0 Å². The van der Waals surface area contributed by atoms with Crippen LogP contribution in [0.2, 0.25) is 0 Å². The third-order valence-electron chi connectivity index (χ3n) is 8.13. The van der Waals surface area contributed by atoms with Crippen molar-refractivity contribution in [1.82, 2.24) is 10.2 Å². The van der Waals surface area contributed by atoms with E-state index in [9.17, 15) is 14.7 Å². The number of aliphatic hydroxyl groups excluding tert-OH is 1. The largest absolute Gasteiger partial charge is 0.481 e. The number of aliphatic carboxylic acids is 1. The lowest BCUT2D eigenvalue weighted by molar-refractivity contribution is -0.253. The molecule has 3 atom stereocenters. The summed E-state index contributed by atoms with van der Waals surface area (Å²) in [5.41, 5.74) is 5.90. The van der Waals surface area contributed by atoms with Gasteiger partial charge in [0.2, 0.25) is 5.91 Å². The molecule has 234 valence electrons. The standard InChI is InChI=1S/C35H42N2O7/c38-24-25-11-13-27(14-12-25)32-21-31(23-37-15-17-42-18-16-37)43-35(44-32)30-8-4-7-29(20-30)28-6-3-5-26(19-28)22-36-33(39)9-1-2-10-34(40)41/h3-8,11-14,19-20,31-32,35,38H,1-2,9-10,15-18,21-24H2,(H,36,39)(H,40,41)/t31-,32+,35+/m0/s1. The fourth-order valence-corrected chi connectivity index (χ4v) is 5.68. The molecule has 44 heavy (non-hydrogen) atoms. The van der Waals surface area contributed by atoms with Gasteiger partial charge in [-0.1, -0.05) is 60.7 Å². The fourth-order valence-electron chi connectivity index (χ4n) is 5.68. The Bertz CT molecular complexity index is 1370. The van der Waals surface area contributed by atoms with Crippen molar-refractivity contribution in [1.29, 1.82) is 0 Å². The van der Waals surface area contributed by atoms with E-state index in [0.717, 1.165) is 72.6 Å². The molecular formula is C35H42N2O7. The number of carboxylic acid groups (broad SMARTS) is 1. The highest BCUT2D eigenvalue weighted by molar-refractivity contribution is 5.76. The summed E-state index contributed by atoms with van der Waals surface area (Å²) >= 11 is 0. The second-order valence-electron chi connectivity index (χ2n) is 11.5. The topological polar surface area (TPSA) is 118 Å². The van der Waals surface area contributed by atoms with Crippen LogP contribution in [0.1, 0.15) is 66.8 Å². The zero-order valence-corrected chi connectivity index (χ0v) is 25.0. The summed E-state index contributed by atoms with van der Waals surface area (Å²) in [7, 11) is 0. The van der Waals surface area contributed by atoms with Gasteiger partial charge in [-0.15, -0.1) is 0 Å². The van der Waals surface area contributed by atoms with Crippen LogP contribution in [0.5, 0.6) is 0 Å². The summed E-state index contributed by atoms with van der Waals surface area (Å²) in [6.07, 6.45) is 1.47. The Balaban J connectivity index is 1.27. The van der Waals surface area contributed by atoms with Gasteiger partial charge in [-0.3, -0.25) is 14.5 Å². The van der Waals surface area contributed by atoms with Gasteiger partial charge in [0.25, 0.3) is 0 Å². The summed E-state index contributed by atoms with van der Waals surface area (Å²) in [6, 6.07) is 24.2. The van der Waals surface area contributed by atoms with Gasteiger partial charge in [0.15, 0.2) is 6.29 Å². The van der Waals surface area contributed by atoms with Crippen molar-refractivity contribution < 1.29 is 34.0 Å². The van der Waals surface area contributed by atoms with Crippen LogP contribution in [0.4, 0.5) is 0 Å². The van der Waals surface area contributed by atoms with E-state index >= 15 is 0 Å². The second-order valence-corrected chi connectivity index (χ2v) is 11.5. The molecule has 2 saturated heterocycles. The molecule has 9 heteroatoms. The summed E-state index contributed by atoms with van der Waals surface area (Å²) in [5, 5.41) is 21.2. The molecule has 2 aliphatic heterocycles. The molecule has 3 N–H and O–H groups in total. The van der Waals surface area contributed by atoms with Crippen LogP contribution < -0.4 is 5.32 Å². The maximum atomic E-state index is 12.2. The minimum atomic E-state index is -0.839. The van der Waals surface area contributed by atoms with Gasteiger partial charge < -0.3 is 29.7 Å². The lowest BCUT2D eigenvalue weighted by Crippen LogP contribution is -2.44. The first kappa shape index (κ1) is 31.8. The van der Waals surface area contributed by atoms with Gasteiger partial charge in [0.1, 0.15) is 0 Å². The van der Waals surface area contributed by atoms with Gasteiger partial charge in [0, 0.05) is 51.0 Å². The summed E-state index contributed by atoms with van der Waals surface area (Å²) in [6.45, 7) is 4.46. The Morgan fingerprint density at radius 3 is 2.32 bits per heavy atom. The molecule has 0 bridgehead atoms. The minimum Gasteiger partial charge on any atom is -0.481 e. The monoisotopic (exact) mass is 602 g/mol. The minimum absolute atomic E-state index is 0.00611. The van der Waals surface area contributed by atoms with E-state index in [0.29, 0.717) is 25.8 Å². The maximum absolute atomic E-state index is 12.2. The molecule has 1 amide bonds. The zero-order chi connectivity index (χ0) is 30.7. The Kier molecular flexibility index (Phi) is 11.5. The number of aliphatic hydroxyl groups is 1. The van der Waals surface area contributed by atoms with Crippen LogP contribution in [0.3, 0.4) is 0 Å². The molecule has 0 aliphatic carbocycles. The van der Waals surface area contributed by atoms with Crippen LogP contribution in [0.25, 0.3) is 11.1 Å². The SMILES string of the molecule is O=C(O)CCCCC(=O)NCc1cccc(-c2cccc([C@@H]3O[C@H](CN4CCOCC4)C[C@H](c4ccc(CO)cc4)O3)c2)c1. The third-order valence-corrected chi connectivity index (χ3v) is 8.13.